The number of ether oxygens (including phenoxy) is 1. The Kier molecular flexibility index (Phi) is 3.42. The monoisotopic (exact) mass is 268 g/mol. The highest BCUT2D eigenvalue weighted by molar-refractivity contribution is 5.60. The molecule has 100 valence electrons. The summed E-state index contributed by atoms with van der Waals surface area (Å²) in [7, 11) is 1.52. The first-order chi connectivity index (χ1) is 8.90. The molecule has 2 rings (SSSR count). The number of aromatic nitrogens is 2. The molecule has 0 aliphatic rings. The zero-order valence-corrected chi connectivity index (χ0v) is 10.3. The van der Waals surface area contributed by atoms with Crippen LogP contribution >= 0.6 is 0 Å². The van der Waals surface area contributed by atoms with E-state index in [1.165, 1.54) is 20.1 Å². The smallest absolute Gasteiger partial charge is 0.451 e. The first-order valence-corrected chi connectivity index (χ1v) is 5.47. The van der Waals surface area contributed by atoms with Gasteiger partial charge in [-0.2, -0.15) is 13.2 Å². The largest absolute Gasteiger partial charge is 0.497 e. The van der Waals surface area contributed by atoms with Gasteiger partial charge >= 0.3 is 6.18 Å². The van der Waals surface area contributed by atoms with Gasteiger partial charge in [0.05, 0.1) is 12.8 Å². The van der Waals surface area contributed by atoms with Gasteiger partial charge in [0.1, 0.15) is 5.75 Å². The van der Waals surface area contributed by atoms with Crippen molar-refractivity contribution in [2.75, 3.05) is 7.11 Å². The maximum atomic E-state index is 12.6. The summed E-state index contributed by atoms with van der Waals surface area (Å²) in [5, 5.41) is 0. The van der Waals surface area contributed by atoms with Crippen molar-refractivity contribution in [1.82, 2.24) is 9.97 Å². The lowest BCUT2D eigenvalue weighted by Gasteiger charge is -2.09. The lowest BCUT2D eigenvalue weighted by molar-refractivity contribution is -0.145. The molecule has 1 aromatic carbocycles. The lowest BCUT2D eigenvalue weighted by Crippen LogP contribution is -2.12. The standard InChI is InChI=1S/C13H11F3N2O/c1-8-7-11(18-12(17-8)13(14,15)16)9-3-5-10(19-2)6-4-9/h3-7H,1-2H3. The Morgan fingerprint density at radius 1 is 1.05 bits per heavy atom. The van der Waals surface area contributed by atoms with E-state index >= 15 is 0 Å². The van der Waals surface area contributed by atoms with E-state index in [1.807, 2.05) is 0 Å². The van der Waals surface area contributed by atoms with Crippen molar-refractivity contribution in [3.8, 4) is 17.0 Å². The van der Waals surface area contributed by atoms with E-state index in [1.54, 1.807) is 24.3 Å². The molecule has 6 heteroatoms. The van der Waals surface area contributed by atoms with Crippen LogP contribution in [0.1, 0.15) is 11.5 Å². The Morgan fingerprint density at radius 2 is 1.68 bits per heavy atom. The molecule has 0 atom stereocenters. The second-order valence-corrected chi connectivity index (χ2v) is 3.94. The number of hydrogen-bond acceptors (Lipinski definition) is 3. The van der Waals surface area contributed by atoms with Crippen molar-refractivity contribution in [1.29, 1.82) is 0 Å². The van der Waals surface area contributed by atoms with Crippen LogP contribution in [0.2, 0.25) is 0 Å². The van der Waals surface area contributed by atoms with Crippen LogP contribution in [0.25, 0.3) is 11.3 Å². The Hall–Kier alpha value is -2.11. The molecule has 19 heavy (non-hydrogen) atoms. The molecule has 0 bridgehead atoms. The summed E-state index contributed by atoms with van der Waals surface area (Å²) >= 11 is 0. The Morgan fingerprint density at radius 3 is 2.21 bits per heavy atom. The Balaban J connectivity index is 2.46. The summed E-state index contributed by atoms with van der Waals surface area (Å²) in [5.41, 5.74) is 1.09. The van der Waals surface area contributed by atoms with Crippen molar-refractivity contribution in [3.63, 3.8) is 0 Å². The van der Waals surface area contributed by atoms with Crippen LogP contribution in [0.5, 0.6) is 5.75 Å². The van der Waals surface area contributed by atoms with Gasteiger partial charge in [0.15, 0.2) is 0 Å². The number of methoxy groups -OCH3 is 1. The first-order valence-electron chi connectivity index (χ1n) is 5.47. The number of aryl methyl sites for hydroxylation is 1. The third kappa shape index (κ3) is 3.01. The highest BCUT2D eigenvalue weighted by atomic mass is 19.4. The van der Waals surface area contributed by atoms with Crippen LogP contribution in [0.3, 0.4) is 0 Å². The van der Waals surface area contributed by atoms with Gasteiger partial charge in [0.25, 0.3) is 0 Å². The summed E-state index contributed by atoms with van der Waals surface area (Å²) in [4.78, 5) is 6.96. The Labute approximate surface area is 108 Å². The van der Waals surface area contributed by atoms with Crippen LogP contribution in [0.15, 0.2) is 30.3 Å². The minimum absolute atomic E-state index is 0.238. The van der Waals surface area contributed by atoms with Crippen molar-refractivity contribution < 1.29 is 17.9 Å². The van der Waals surface area contributed by atoms with Crippen LogP contribution < -0.4 is 4.74 Å². The summed E-state index contributed by atoms with van der Waals surface area (Å²) in [5.74, 6) is -0.496. The zero-order valence-electron chi connectivity index (χ0n) is 10.3. The molecule has 0 N–H and O–H groups in total. The molecular weight excluding hydrogens is 257 g/mol. The van der Waals surface area contributed by atoms with Crippen LogP contribution in [-0.4, -0.2) is 17.1 Å². The third-order valence-electron chi connectivity index (χ3n) is 2.49. The van der Waals surface area contributed by atoms with E-state index < -0.39 is 12.0 Å². The van der Waals surface area contributed by atoms with E-state index in [2.05, 4.69) is 9.97 Å². The van der Waals surface area contributed by atoms with Gasteiger partial charge in [0, 0.05) is 11.3 Å². The fourth-order valence-electron chi connectivity index (χ4n) is 1.60. The lowest BCUT2D eigenvalue weighted by atomic mass is 10.1. The molecule has 0 saturated heterocycles. The van der Waals surface area contributed by atoms with Crippen LogP contribution in [-0.2, 0) is 6.18 Å². The molecule has 0 unspecified atom stereocenters. The van der Waals surface area contributed by atoms with Gasteiger partial charge in [-0.25, -0.2) is 9.97 Å². The number of benzene rings is 1. The van der Waals surface area contributed by atoms with Crippen molar-refractivity contribution in [2.45, 2.75) is 13.1 Å². The fourth-order valence-corrected chi connectivity index (χ4v) is 1.60. The molecule has 0 aliphatic heterocycles. The molecule has 0 amide bonds. The number of hydrogen-bond donors (Lipinski definition) is 0. The predicted molar refractivity (Wildman–Crippen MR) is 63.8 cm³/mol. The Bertz CT molecular complexity index is 579. The molecule has 2 aromatic rings. The van der Waals surface area contributed by atoms with E-state index in [9.17, 15) is 13.2 Å². The first kappa shape index (κ1) is 13.3. The molecule has 0 aliphatic carbocycles. The number of nitrogens with zero attached hydrogens (tertiary/aromatic N) is 2. The van der Waals surface area contributed by atoms with E-state index in [0.717, 1.165) is 0 Å². The van der Waals surface area contributed by atoms with Gasteiger partial charge in [-0.3, -0.25) is 0 Å². The van der Waals surface area contributed by atoms with Crippen molar-refractivity contribution in [2.24, 2.45) is 0 Å². The van der Waals surface area contributed by atoms with E-state index in [4.69, 9.17) is 4.74 Å². The van der Waals surface area contributed by atoms with Crippen LogP contribution in [0.4, 0.5) is 13.2 Å². The number of rotatable bonds is 2. The minimum atomic E-state index is -4.55. The predicted octanol–water partition coefficient (Wildman–Crippen LogP) is 3.48. The van der Waals surface area contributed by atoms with Gasteiger partial charge in [-0.05, 0) is 37.3 Å². The van der Waals surface area contributed by atoms with Crippen molar-refractivity contribution in [3.05, 3.63) is 41.9 Å². The van der Waals surface area contributed by atoms with Crippen molar-refractivity contribution >= 4 is 0 Å². The maximum Gasteiger partial charge on any atom is 0.451 e. The van der Waals surface area contributed by atoms with Crippen LogP contribution in [0, 0.1) is 6.92 Å². The topological polar surface area (TPSA) is 35.0 Å². The quantitative estimate of drug-likeness (QED) is 0.836. The van der Waals surface area contributed by atoms with Gasteiger partial charge in [-0.1, -0.05) is 0 Å². The zero-order chi connectivity index (χ0) is 14.0. The molecule has 1 aromatic heterocycles. The maximum absolute atomic E-state index is 12.6. The molecule has 1 heterocycles. The molecule has 3 nitrogen and oxygen atoms in total. The minimum Gasteiger partial charge on any atom is -0.497 e. The average molecular weight is 268 g/mol. The molecule has 0 fully saturated rings. The van der Waals surface area contributed by atoms with Gasteiger partial charge in [-0.15, -0.1) is 0 Å². The highest BCUT2D eigenvalue weighted by Gasteiger charge is 2.35. The third-order valence-corrected chi connectivity index (χ3v) is 2.49. The fraction of sp³-hybridized carbons (Fsp3) is 0.231. The summed E-state index contributed by atoms with van der Waals surface area (Å²) in [6, 6.07) is 8.15. The molecule has 0 saturated carbocycles. The molecule has 0 spiro atoms. The van der Waals surface area contributed by atoms with Gasteiger partial charge in [0.2, 0.25) is 5.82 Å². The summed E-state index contributed by atoms with van der Waals surface area (Å²) in [6.45, 7) is 1.50. The second kappa shape index (κ2) is 4.87. The number of alkyl halides is 3. The van der Waals surface area contributed by atoms with E-state index in [0.29, 0.717) is 11.3 Å². The summed E-state index contributed by atoms with van der Waals surface area (Å²) < 4.78 is 42.9. The average Bonchev–Trinajstić information content (AvgIpc) is 2.37. The van der Waals surface area contributed by atoms with E-state index in [-0.39, 0.29) is 11.4 Å². The molecule has 0 radical (unpaired) electrons. The highest BCUT2D eigenvalue weighted by Crippen LogP contribution is 2.29. The van der Waals surface area contributed by atoms with Gasteiger partial charge < -0.3 is 4.74 Å². The molecular formula is C13H11F3N2O. The normalized spacial score (nSPS) is 11.4. The summed E-state index contributed by atoms with van der Waals surface area (Å²) in [6.07, 6.45) is -4.55. The second-order valence-electron chi connectivity index (χ2n) is 3.94. The SMILES string of the molecule is COc1ccc(-c2cc(C)nc(C(F)(F)F)n2)cc1. The number of halogens is 3.